The topological polar surface area (TPSA) is 49.3 Å². The van der Waals surface area contributed by atoms with Crippen molar-refractivity contribution in [3.63, 3.8) is 0 Å². The van der Waals surface area contributed by atoms with Gasteiger partial charge in [-0.2, -0.15) is 0 Å². The second kappa shape index (κ2) is 6.31. The SMILES string of the molecule is Cc1cc(C)c(C(Nc2ccccc2Br)C(=O)O)cc1C. The van der Waals surface area contributed by atoms with E-state index in [-0.39, 0.29) is 0 Å². The summed E-state index contributed by atoms with van der Waals surface area (Å²) in [5.74, 6) is -0.892. The summed E-state index contributed by atoms with van der Waals surface area (Å²) < 4.78 is 0.845. The number of anilines is 1. The van der Waals surface area contributed by atoms with Crippen molar-refractivity contribution < 1.29 is 9.90 Å². The zero-order valence-electron chi connectivity index (χ0n) is 12.3. The summed E-state index contributed by atoms with van der Waals surface area (Å²) in [7, 11) is 0. The third-order valence-electron chi connectivity index (χ3n) is 3.61. The van der Waals surface area contributed by atoms with Gasteiger partial charge in [0.1, 0.15) is 0 Å². The van der Waals surface area contributed by atoms with Crippen LogP contribution in [0, 0.1) is 20.8 Å². The van der Waals surface area contributed by atoms with Crippen LogP contribution in [0.3, 0.4) is 0 Å². The van der Waals surface area contributed by atoms with E-state index in [2.05, 4.69) is 21.2 Å². The minimum atomic E-state index is -0.892. The molecule has 2 aromatic rings. The van der Waals surface area contributed by atoms with E-state index in [1.807, 2.05) is 57.2 Å². The number of para-hydroxylation sites is 1. The summed E-state index contributed by atoms with van der Waals surface area (Å²) in [5.41, 5.74) is 4.80. The first kappa shape index (κ1) is 15.6. The van der Waals surface area contributed by atoms with E-state index in [0.29, 0.717) is 0 Å². The second-order valence-electron chi connectivity index (χ2n) is 5.19. The lowest BCUT2D eigenvalue weighted by atomic mass is 9.95. The van der Waals surface area contributed by atoms with Crippen LogP contribution in [0.5, 0.6) is 0 Å². The van der Waals surface area contributed by atoms with Crippen LogP contribution in [-0.4, -0.2) is 11.1 Å². The molecule has 21 heavy (non-hydrogen) atoms. The molecule has 0 bridgehead atoms. The van der Waals surface area contributed by atoms with Gasteiger partial charge in [-0.15, -0.1) is 0 Å². The van der Waals surface area contributed by atoms with Gasteiger partial charge in [-0.1, -0.05) is 24.3 Å². The Labute approximate surface area is 133 Å². The Hall–Kier alpha value is -1.81. The van der Waals surface area contributed by atoms with Crippen molar-refractivity contribution >= 4 is 27.6 Å². The highest BCUT2D eigenvalue weighted by molar-refractivity contribution is 9.10. The van der Waals surface area contributed by atoms with Crippen molar-refractivity contribution in [1.29, 1.82) is 0 Å². The summed E-state index contributed by atoms with van der Waals surface area (Å²) in [5, 5.41) is 12.7. The Balaban J connectivity index is 2.43. The van der Waals surface area contributed by atoms with Crippen molar-refractivity contribution in [2.45, 2.75) is 26.8 Å². The van der Waals surface area contributed by atoms with E-state index in [1.165, 1.54) is 5.56 Å². The quantitative estimate of drug-likeness (QED) is 0.848. The van der Waals surface area contributed by atoms with Crippen LogP contribution < -0.4 is 5.32 Å². The molecule has 0 spiro atoms. The van der Waals surface area contributed by atoms with E-state index < -0.39 is 12.0 Å². The Morgan fingerprint density at radius 3 is 2.33 bits per heavy atom. The number of carboxylic acid groups (broad SMARTS) is 1. The van der Waals surface area contributed by atoms with Gasteiger partial charge in [-0.25, -0.2) is 4.79 Å². The van der Waals surface area contributed by atoms with E-state index >= 15 is 0 Å². The molecular formula is C17H18BrNO2. The molecule has 2 N–H and O–H groups in total. The number of hydrogen-bond donors (Lipinski definition) is 2. The van der Waals surface area contributed by atoms with Crippen LogP contribution in [0.4, 0.5) is 5.69 Å². The van der Waals surface area contributed by atoms with E-state index in [0.717, 1.165) is 26.9 Å². The van der Waals surface area contributed by atoms with Crippen molar-refractivity contribution in [2.24, 2.45) is 0 Å². The molecule has 0 radical (unpaired) electrons. The number of halogens is 1. The molecule has 4 heteroatoms. The number of aliphatic carboxylic acids is 1. The molecule has 0 aliphatic heterocycles. The minimum Gasteiger partial charge on any atom is -0.479 e. The molecule has 0 heterocycles. The summed E-state index contributed by atoms with van der Waals surface area (Å²) in [4.78, 5) is 11.7. The van der Waals surface area contributed by atoms with Gasteiger partial charge >= 0.3 is 5.97 Å². The average Bonchev–Trinajstić information content (AvgIpc) is 2.42. The molecule has 0 fully saturated rings. The zero-order valence-corrected chi connectivity index (χ0v) is 13.9. The van der Waals surface area contributed by atoms with Crippen LogP contribution in [0.1, 0.15) is 28.3 Å². The van der Waals surface area contributed by atoms with Gasteiger partial charge in [-0.05, 0) is 71.1 Å². The molecule has 2 rings (SSSR count). The van der Waals surface area contributed by atoms with Gasteiger partial charge in [0.15, 0.2) is 6.04 Å². The van der Waals surface area contributed by atoms with E-state index in [1.54, 1.807) is 0 Å². The maximum Gasteiger partial charge on any atom is 0.330 e. The fourth-order valence-corrected chi connectivity index (χ4v) is 2.70. The number of aryl methyl sites for hydroxylation is 3. The number of carbonyl (C=O) groups is 1. The zero-order chi connectivity index (χ0) is 15.6. The highest BCUT2D eigenvalue weighted by Gasteiger charge is 2.22. The summed E-state index contributed by atoms with van der Waals surface area (Å²) >= 11 is 3.44. The largest absolute Gasteiger partial charge is 0.479 e. The number of benzene rings is 2. The van der Waals surface area contributed by atoms with Gasteiger partial charge in [0.25, 0.3) is 0 Å². The van der Waals surface area contributed by atoms with Crippen LogP contribution >= 0.6 is 15.9 Å². The molecule has 3 nitrogen and oxygen atoms in total. The maximum absolute atomic E-state index is 11.7. The molecule has 0 saturated heterocycles. The lowest BCUT2D eigenvalue weighted by Crippen LogP contribution is -2.22. The van der Waals surface area contributed by atoms with Gasteiger partial charge in [0, 0.05) is 10.2 Å². The number of carboxylic acids is 1. The molecule has 0 aliphatic carbocycles. The van der Waals surface area contributed by atoms with E-state index in [4.69, 9.17) is 0 Å². The molecule has 110 valence electrons. The fraction of sp³-hybridized carbons (Fsp3) is 0.235. The fourth-order valence-electron chi connectivity index (χ4n) is 2.30. The van der Waals surface area contributed by atoms with Gasteiger partial charge in [-0.3, -0.25) is 0 Å². The number of nitrogens with one attached hydrogen (secondary N) is 1. The predicted octanol–water partition coefficient (Wildman–Crippen LogP) is 4.61. The lowest BCUT2D eigenvalue weighted by molar-refractivity contribution is -0.138. The van der Waals surface area contributed by atoms with Crippen LogP contribution in [-0.2, 0) is 4.79 Å². The summed E-state index contributed by atoms with van der Waals surface area (Å²) in [6.07, 6.45) is 0. The van der Waals surface area contributed by atoms with E-state index in [9.17, 15) is 9.90 Å². The summed E-state index contributed by atoms with van der Waals surface area (Å²) in [6, 6.07) is 10.7. The molecule has 0 saturated carbocycles. The van der Waals surface area contributed by atoms with Crippen LogP contribution in [0.15, 0.2) is 40.9 Å². The third kappa shape index (κ3) is 3.45. The Morgan fingerprint density at radius 2 is 1.71 bits per heavy atom. The van der Waals surface area contributed by atoms with Gasteiger partial charge in [0.2, 0.25) is 0 Å². The smallest absolute Gasteiger partial charge is 0.330 e. The van der Waals surface area contributed by atoms with Crippen molar-refractivity contribution in [1.82, 2.24) is 0 Å². The normalized spacial score (nSPS) is 12.0. The molecule has 1 unspecified atom stereocenters. The highest BCUT2D eigenvalue weighted by atomic mass is 79.9. The molecule has 1 atom stereocenters. The first-order valence-corrected chi connectivity index (χ1v) is 7.51. The first-order valence-electron chi connectivity index (χ1n) is 6.71. The lowest BCUT2D eigenvalue weighted by Gasteiger charge is -2.20. The highest BCUT2D eigenvalue weighted by Crippen LogP contribution is 2.29. The van der Waals surface area contributed by atoms with Crippen molar-refractivity contribution in [3.8, 4) is 0 Å². The standard InChI is InChI=1S/C17H18BrNO2/c1-10-8-12(3)13(9-11(10)2)16(17(20)21)19-15-7-5-4-6-14(15)18/h4-9,16,19H,1-3H3,(H,20,21). The summed E-state index contributed by atoms with van der Waals surface area (Å²) in [6.45, 7) is 5.97. The molecule has 0 aromatic heterocycles. The molecule has 0 amide bonds. The second-order valence-corrected chi connectivity index (χ2v) is 6.04. The monoisotopic (exact) mass is 347 g/mol. The number of hydrogen-bond acceptors (Lipinski definition) is 2. The van der Waals surface area contributed by atoms with Crippen molar-refractivity contribution in [2.75, 3.05) is 5.32 Å². The van der Waals surface area contributed by atoms with Gasteiger partial charge in [0.05, 0.1) is 0 Å². The number of rotatable bonds is 4. The Bertz CT molecular complexity index is 682. The molecular weight excluding hydrogens is 330 g/mol. The van der Waals surface area contributed by atoms with Crippen molar-refractivity contribution in [3.05, 3.63) is 63.1 Å². The predicted molar refractivity (Wildman–Crippen MR) is 88.8 cm³/mol. The van der Waals surface area contributed by atoms with Crippen LogP contribution in [0.2, 0.25) is 0 Å². The molecule has 0 aliphatic rings. The maximum atomic E-state index is 11.7. The first-order chi connectivity index (χ1) is 9.90. The average molecular weight is 348 g/mol. The minimum absolute atomic E-state index is 0.766. The van der Waals surface area contributed by atoms with Crippen LogP contribution in [0.25, 0.3) is 0 Å². The Kier molecular flexibility index (Phi) is 4.68. The molecule has 2 aromatic carbocycles. The Morgan fingerprint density at radius 1 is 1.10 bits per heavy atom. The third-order valence-corrected chi connectivity index (χ3v) is 4.31. The van der Waals surface area contributed by atoms with Gasteiger partial charge < -0.3 is 10.4 Å².